The van der Waals surface area contributed by atoms with Crippen LogP contribution < -0.4 is 10.1 Å². The molecule has 156 valence electrons. The number of ether oxygens (including phenoxy) is 1. The maximum atomic E-state index is 6.03. The van der Waals surface area contributed by atoms with E-state index in [0.29, 0.717) is 17.9 Å². The minimum Gasteiger partial charge on any atom is -0.474 e. The van der Waals surface area contributed by atoms with Gasteiger partial charge in [0.15, 0.2) is 5.13 Å². The molecule has 1 saturated heterocycles. The Morgan fingerprint density at radius 2 is 1.80 bits per heavy atom. The highest BCUT2D eigenvalue weighted by atomic mass is 32.1. The Kier molecular flexibility index (Phi) is 5.85. The van der Waals surface area contributed by atoms with E-state index in [1.807, 2.05) is 36.8 Å². The highest BCUT2D eigenvalue weighted by Gasteiger charge is 2.17. The third-order valence-corrected chi connectivity index (χ3v) is 6.54. The highest BCUT2D eigenvalue weighted by molar-refractivity contribution is 7.18. The fraction of sp³-hybridized carbons (Fsp3) is 0.455. The first-order chi connectivity index (χ1) is 14.8. The third kappa shape index (κ3) is 4.76. The SMILES string of the molecule is c1cc(OC2CCCC2)nc(-c2cnc(Nc3ncc(CN4CCCC4)cn3)s2)c1. The van der Waals surface area contributed by atoms with E-state index in [1.54, 1.807) is 0 Å². The zero-order chi connectivity index (χ0) is 20.2. The number of nitrogens with zero attached hydrogens (tertiary/aromatic N) is 5. The summed E-state index contributed by atoms with van der Waals surface area (Å²) >= 11 is 1.53. The molecule has 3 aromatic rings. The molecule has 0 radical (unpaired) electrons. The molecular formula is C22H26N6OS. The van der Waals surface area contributed by atoms with Crippen LogP contribution in [0.25, 0.3) is 10.6 Å². The average molecular weight is 423 g/mol. The van der Waals surface area contributed by atoms with Crippen molar-refractivity contribution in [2.45, 2.75) is 51.2 Å². The monoisotopic (exact) mass is 422 g/mol. The molecule has 0 unspecified atom stereocenters. The van der Waals surface area contributed by atoms with Gasteiger partial charge in [0, 0.05) is 36.8 Å². The molecule has 1 N–H and O–H groups in total. The van der Waals surface area contributed by atoms with Crippen LogP contribution >= 0.6 is 11.3 Å². The van der Waals surface area contributed by atoms with Crippen LogP contribution in [0.3, 0.4) is 0 Å². The van der Waals surface area contributed by atoms with Crippen molar-refractivity contribution in [3.8, 4) is 16.5 Å². The first-order valence-electron chi connectivity index (χ1n) is 10.7. The van der Waals surface area contributed by atoms with Crippen LogP contribution in [-0.2, 0) is 6.54 Å². The van der Waals surface area contributed by atoms with Crippen molar-refractivity contribution in [1.29, 1.82) is 0 Å². The van der Waals surface area contributed by atoms with Crippen LogP contribution in [0.4, 0.5) is 11.1 Å². The van der Waals surface area contributed by atoms with Crippen LogP contribution in [0.2, 0.25) is 0 Å². The topological polar surface area (TPSA) is 76.1 Å². The lowest BCUT2D eigenvalue weighted by molar-refractivity contribution is 0.201. The van der Waals surface area contributed by atoms with Crippen LogP contribution in [-0.4, -0.2) is 44.0 Å². The molecule has 2 aliphatic rings. The van der Waals surface area contributed by atoms with E-state index >= 15 is 0 Å². The largest absolute Gasteiger partial charge is 0.474 e. The smallest absolute Gasteiger partial charge is 0.228 e. The maximum Gasteiger partial charge on any atom is 0.228 e. The number of anilines is 2. The first kappa shape index (κ1) is 19.4. The van der Waals surface area contributed by atoms with E-state index in [-0.39, 0.29) is 0 Å². The second-order valence-corrected chi connectivity index (χ2v) is 8.97. The number of pyridine rings is 1. The van der Waals surface area contributed by atoms with Gasteiger partial charge in [0.25, 0.3) is 0 Å². The standard InChI is InChI=1S/C22H26N6OS/c1-2-7-17(6-1)29-20-9-5-8-18(26-20)19-14-25-22(30-19)27-21-23-12-16(13-24-21)15-28-10-3-4-11-28/h5,8-9,12-14,17H,1-4,6-7,10-11,15H2,(H,23,24,25,27). The van der Waals surface area contributed by atoms with Gasteiger partial charge in [-0.25, -0.2) is 19.9 Å². The molecule has 0 aromatic carbocycles. The van der Waals surface area contributed by atoms with Crippen molar-refractivity contribution in [1.82, 2.24) is 24.8 Å². The van der Waals surface area contributed by atoms with Crippen molar-refractivity contribution in [3.05, 3.63) is 42.4 Å². The van der Waals surface area contributed by atoms with Crippen molar-refractivity contribution in [2.24, 2.45) is 0 Å². The summed E-state index contributed by atoms with van der Waals surface area (Å²) in [6.45, 7) is 3.26. The Morgan fingerprint density at radius 1 is 1.00 bits per heavy atom. The predicted octanol–water partition coefficient (Wildman–Crippen LogP) is 4.66. The fourth-order valence-electron chi connectivity index (χ4n) is 4.04. The van der Waals surface area contributed by atoms with Gasteiger partial charge in [-0.15, -0.1) is 0 Å². The van der Waals surface area contributed by atoms with Gasteiger partial charge in [0.05, 0.1) is 10.6 Å². The molecule has 4 heterocycles. The Labute approximate surface area is 180 Å². The van der Waals surface area contributed by atoms with Crippen molar-refractivity contribution in [3.63, 3.8) is 0 Å². The van der Waals surface area contributed by atoms with Gasteiger partial charge in [-0.05, 0) is 57.7 Å². The fourth-order valence-corrected chi connectivity index (χ4v) is 4.82. The molecule has 5 rings (SSSR count). The minimum atomic E-state index is 0.303. The van der Waals surface area contributed by atoms with Crippen molar-refractivity contribution in [2.75, 3.05) is 18.4 Å². The van der Waals surface area contributed by atoms with Crippen LogP contribution in [0.5, 0.6) is 5.88 Å². The lowest BCUT2D eigenvalue weighted by Crippen LogP contribution is -2.18. The summed E-state index contributed by atoms with van der Waals surface area (Å²) < 4.78 is 6.03. The number of hydrogen-bond acceptors (Lipinski definition) is 8. The molecule has 30 heavy (non-hydrogen) atoms. The molecule has 1 aliphatic carbocycles. The van der Waals surface area contributed by atoms with Crippen LogP contribution in [0.15, 0.2) is 36.8 Å². The first-order valence-corrected chi connectivity index (χ1v) is 11.5. The molecule has 1 saturated carbocycles. The summed E-state index contributed by atoms with van der Waals surface area (Å²) in [5.74, 6) is 1.26. The van der Waals surface area contributed by atoms with Gasteiger partial charge >= 0.3 is 0 Å². The summed E-state index contributed by atoms with van der Waals surface area (Å²) in [4.78, 5) is 21.5. The number of rotatable bonds is 7. The summed E-state index contributed by atoms with van der Waals surface area (Å²) in [6, 6.07) is 5.91. The molecule has 1 aliphatic heterocycles. The van der Waals surface area contributed by atoms with Gasteiger partial charge in [0.1, 0.15) is 6.10 Å². The van der Waals surface area contributed by atoms with E-state index in [9.17, 15) is 0 Å². The molecule has 2 fully saturated rings. The van der Waals surface area contributed by atoms with E-state index in [2.05, 4.69) is 30.2 Å². The molecule has 0 amide bonds. The predicted molar refractivity (Wildman–Crippen MR) is 118 cm³/mol. The zero-order valence-corrected chi connectivity index (χ0v) is 17.8. The summed E-state index contributed by atoms with van der Waals surface area (Å²) in [5.41, 5.74) is 2.02. The normalized spacial score (nSPS) is 17.5. The molecule has 3 aromatic heterocycles. The quantitative estimate of drug-likeness (QED) is 0.593. The summed E-state index contributed by atoms with van der Waals surface area (Å²) in [6.07, 6.45) is 13.2. The van der Waals surface area contributed by atoms with E-state index < -0.39 is 0 Å². The molecule has 0 atom stereocenters. The highest BCUT2D eigenvalue weighted by Crippen LogP contribution is 2.31. The number of aromatic nitrogens is 4. The number of nitrogens with one attached hydrogen (secondary N) is 1. The average Bonchev–Trinajstić information content (AvgIpc) is 3.53. The molecule has 0 bridgehead atoms. The minimum absolute atomic E-state index is 0.303. The molecule has 0 spiro atoms. The van der Waals surface area contributed by atoms with E-state index in [0.717, 1.165) is 40.7 Å². The summed E-state index contributed by atoms with van der Waals surface area (Å²) in [5, 5.41) is 3.95. The third-order valence-electron chi connectivity index (χ3n) is 5.60. The van der Waals surface area contributed by atoms with Crippen LogP contribution in [0.1, 0.15) is 44.1 Å². The second kappa shape index (κ2) is 9.06. The van der Waals surface area contributed by atoms with E-state index in [1.165, 1.54) is 50.1 Å². The molecule has 7 nitrogen and oxygen atoms in total. The molecule has 8 heteroatoms. The van der Waals surface area contributed by atoms with Crippen molar-refractivity contribution < 1.29 is 4.74 Å². The zero-order valence-electron chi connectivity index (χ0n) is 17.0. The lowest BCUT2D eigenvalue weighted by atomic mass is 10.3. The maximum absolute atomic E-state index is 6.03. The Morgan fingerprint density at radius 3 is 2.60 bits per heavy atom. The van der Waals surface area contributed by atoms with E-state index in [4.69, 9.17) is 4.74 Å². The molecular weight excluding hydrogens is 396 g/mol. The van der Waals surface area contributed by atoms with Gasteiger partial charge in [0.2, 0.25) is 11.8 Å². The Hall–Kier alpha value is -2.58. The number of thiazole rings is 1. The van der Waals surface area contributed by atoms with Crippen LogP contribution in [0, 0.1) is 0 Å². The number of likely N-dealkylation sites (tertiary alicyclic amines) is 1. The Bertz CT molecular complexity index is 964. The summed E-state index contributed by atoms with van der Waals surface area (Å²) in [7, 11) is 0. The Balaban J connectivity index is 1.22. The number of hydrogen-bond donors (Lipinski definition) is 1. The van der Waals surface area contributed by atoms with Gasteiger partial charge in [-0.3, -0.25) is 4.90 Å². The van der Waals surface area contributed by atoms with Crippen molar-refractivity contribution >= 4 is 22.4 Å². The lowest BCUT2D eigenvalue weighted by Gasteiger charge is -2.13. The van der Waals surface area contributed by atoms with Gasteiger partial charge < -0.3 is 10.1 Å². The van der Waals surface area contributed by atoms with Gasteiger partial charge in [-0.1, -0.05) is 17.4 Å². The second-order valence-electron chi connectivity index (χ2n) is 7.94. The van der Waals surface area contributed by atoms with Gasteiger partial charge in [-0.2, -0.15) is 0 Å².